The summed E-state index contributed by atoms with van der Waals surface area (Å²) in [4.78, 5) is 29.3. The molecule has 0 unspecified atom stereocenters. The van der Waals surface area contributed by atoms with Gasteiger partial charge in [0.1, 0.15) is 18.4 Å². The van der Waals surface area contributed by atoms with Gasteiger partial charge in [0.15, 0.2) is 0 Å². The molecule has 0 saturated heterocycles. The van der Waals surface area contributed by atoms with Gasteiger partial charge in [-0.25, -0.2) is 12.8 Å². The van der Waals surface area contributed by atoms with Gasteiger partial charge in [-0.1, -0.05) is 82.7 Å². The number of sulfonamides is 1. The van der Waals surface area contributed by atoms with Crippen LogP contribution in [-0.4, -0.2) is 43.8 Å². The van der Waals surface area contributed by atoms with Crippen molar-refractivity contribution < 1.29 is 22.4 Å². The Hall–Kier alpha value is -4.02. The Morgan fingerprint density at radius 2 is 1.42 bits per heavy atom. The maximum atomic E-state index is 14.9. The monoisotopic (exact) mass is 665 g/mol. The van der Waals surface area contributed by atoms with Gasteiger partial charge in [0.25, 0.3) is 10.0 Å². The predicted octanol–water partition coefficient (Wildman–Crippen LogP) is 5.95. The highest BCUT2D eigenvalue weighted by atomic mass is 79.9. The number of anilines is 1. The second kappa shape index (κ2) is 14.4. The zero-order chi connectivity index (χ0) is 31.0. The molecule has 2 amide bonds. The van der Waals surface area contributed by atoms with Crippen molar-refractivity contribution in [1.29, 1.82) is 0 Å². The summed E-state index contributed by atoms with van der Waals surface area (Å²) in [5, 5.41) is 2.88. The summed E-state index contributed by atoms with van der Waals surface area (Å²) >= 11 is 3.37. The lowest BCUT2D eigenvalue weighted by Crippen LogP contribution is -2.54. The van der Waals surface area contributed by atoms with Crippen LogP contribution in [-0.2, 0) is 32.6 Å². The van der Waals surface area contributed by atoms with E-state index in [4.69, 9.17) is 0 Å². The van der Waals surface area contributed by atoms with Crippen LogP contribution in [0.3, 0.4) is 0 Å². The number of amides is 2. The van der Waals surface area contributed by atoms with Gasteiger partial charge in [-0.15, -0.1) is 0 Å². The Kier molecular flexibility index (Phi) is 10.7. The SMILES string of the molecule is CC(C)NC(=O)[C@H](Cc1ccccc1)N(Cc1ccccc1F)C(=O)CN(c1ccc(Br)cc1)S(=O)(=O)c1ccccc1. The van der Waals surface area contributed by atoms with E-state index in [1.807, 2.05) is 44.2 Å². The van der Waals surface area contributed by atoms with Crippen molar-refractivity contribution in [2.45, 2.75) is 43.8 Å². The van der Waals surface area contributed by atoms with E-state index in [1.54, 1.807) is 60.7 Å². The molecule has 0 heterocycles. The minimum Gasteiger partial charge on any atom is -0.352 e. The fraction of sp³-hybridized carbons (Fsp3) is 0.212. The fourth-order valence-corrected chi connectivity index (χ4v) is 6.30. The Morgan fingerprint density at radius 1 is 0.837 bits per heavy atom. The fourth-order valence-electron chi connectivity index (χ4n) is 4.60. The first-order valence-electron chi connectivity index (χ1n) is 13.8. The van der Waals surface area contributed by atoms with Crippen LogP contribution in [0.15, 0.2) is 119 Å². The Balaban J connectivity index is 1.80. The summed E-state index contributed by atoms with van der Waals surface area (Å²) in [7, 11) is -4.20. The molecule has 0 aliphatic carbocycles. The minimum atomic E-state index is -4.20. The lowest BCUT2D eigenvalue weighted by molar-refractivity contribution is -0.140. The van der Waals surface area contributed by atoms with E-state index in [2.05, 4.69) is 21.2 Å². The van der Waals surface area contributed by atoms with Gasteiger partial charge in [-0.05, 0) is 61.9 Å². The van der Waals surface area contributed by atoms with Crippen LogP contribution in [0.2, 0.25) is 0 Å². The van der Waals surface area contributed by atoms with Gasteiger partial charge in [0.2, 0.25) is 11.8 Å². The Labute approximate surface area is 260 Å². The average Bonchev–Trinajstić information content (AvgIpc) is 2.99. The molecule has 7 nitrogen and oxygen atoms in total. The molecule has 0 saturated carbocycles. The molecule has 0 aliphatic rings. The van der Waals surface area contributed by atoms with E-state index in [1.165, 1.54) is 23.1 Å². The molecule has 0 spiro atoms. The number of benzene rings is 4. The van der Waals surface area contributed by atoms with Crippen LogP contribution < -0.4 is 9.62 Å². The molecule has 1 atom stereocenters. The number of halogens is 2. The molecule has 0 fully saturated rings. The van der Waals surface area contributed by atoms with Crippen molar-refractivity contribution in [3.63, 3.8) is 0 Å². The highest BCUT2D eigenvalue weighted by Crippen LogP contribution is 2.26. The molecular formula is C33H33BrFN3O4S. The van der Waals surface area contributed by atoms with Gasteiger partial charge in [0.05, 0.1) is 10.6 Å². The first-order valence-corrected chi connectivity index (χ1v) is 16.0. The molecule has 224 valence electrons. The van der Waals surface area contributed by atoms with Crippen molar-refractivity contribution in [3.05, 3.63) is 131 Å². The van der Waals surface area contributed by atoms with Gasteiger partial charge in [-0.3, -0.25) is 13.9 Å². The summed E-state index contributed by atoms with van der Waals surface area (Å²) in [5.41, 5.74) is 1.25. The van der Waals surface area contributed by atoms with Gasteiger partial charge < -0.3 is 10.2 Å². The number of rotatable bonds is 12. The molecule has 10 heteroatoms. The molecule has 0 aliphatic heterocycles. The first kappa shape index (κ1) is 31.9. The first-order chi connectivity index (χ1) is 20.6. The third kappa shape index (κ3) is 8.30. The second-order valence-corrected chi connectivity index (χ2v) is 13.1. The molecule has 1 N–H and O–H groups in total. The number of carbonyl (C=O) groups is 2. The summed E-state index contributed by atoms with van der Waals surface area (Å²) in [6.07, 6.45) is 0.142. The molecule has 4 aromatic carbocycles. The smallest absolute Gasteiger partial charge is 0.264 e. The van der Waals surface area contributed by atoms with Crippen molar-refractivity contribution in [3.8, 4) is 0 Å². The zero-order valence-electron chi connectivity index (χ0n) is 23.9. The molecule has 0 bridgehead atoms. The van der Waals surface area contributed by atoms with E-state index >= 15 is 0 Å². The predicted molar refractivity (Wildman–Crippen MR) is 169 cm³/mol. The second-order valence-electron chi connectivity index (χ2n) is 10.3. The van der Waals surface area contributed by atoms with Crippen LogP contribution in [0.1, 0.15) is 25.0 Å². The molecule has 0 aromatic heterocycles. The molecular weight excluding hydrogens is 633 g/mol. The van der Waals surface area contributed by atoms with E-state index in [9.17, 15) is 22.4 Å². The van der Waals surface area contributed by atoms with Crippen LogP contribution in [0.4, 0.5) is 10.1 Å². The Morgan fingerprint density at radius 3 is 2.02 bits per heavy atom. The van der Waals surface area contributed by atoms with E-state index in [0.717, 1.165) is 14.3 Å². The maximum absolute atomic E-state index is 14.9. The summed E-state index contributed by atoms with van der Waals surface area (Å²) in [6, 6.07) is 28.3. The standard InChI is InChI=1S/C33H33BrFN3O4S/c1-24(2)36-33(40)31(21-25-11-5-3-6-12-25)37(22-26-13-9-10-16-30(26)35)32(39)23-38(28-19-17-27(34)18-20-28)43(41,42)29-14-7-4-8-15-29/h3-20,24,31H,21-23H2,1-2H3,(H,36,40)/t31-/m0/s1. The van der Waals surface area contributed by atoms with Gasteiger partial charge >= 0.3 is 0 Å². The third-order valence-electron chi connectivity index (χ3n) is 6.73. The minimum absolute atomic E-state index is 0.00441. The van der Waals surface area contributed by atoms with Crippen molar-refractivity contribution in [2.75, 3.05) is 10.8 Å². The molecule has 43 heavy (non-hydrogen) atoms. The summed E-state index contributed by atoms with van der Waals surface area (Å²) in [6.45, 7) is 2.76. The molecule has 4 aromatic rings. The van der Waals surface area contributed by atoms with Crippen LogP contribution in [0, 0.1) is 5.82 Å². The lowest BCUT2D eigenvalue weighted by Gasteiger charge is -2.34. The third-order valence-corrected chi connectivity index (χ3v) is 9.04. The van der Waals surface area contributed by atoms with Crippen LogP contribution in [0.25, 0.3) is 0 Å². The zero-order valence-corrected chi connectivity index (χ0v) is 26.3. The van der Waals surface area contributed by atoms with Gasteiger partial charge in [0, 0.05) is 29.0 Å². The number of carbonyl (C=O) groups excluding carboxylic acids is 2. The van der Waals surface area contributed by atoms with Crippen molar-refractivity contribution >= 4 is 43.5 Å². The van der Waals surface area contributed by atoms with Crippen LogP contribution in [0.5, 0.6) is 0 Å². The van der Waals surface area contributed by atoms with Crippen molar-refractivity contribution in [2.24, 2.45) is 0 Å². The topological polar surface area (TPSA) is 86.8 Å². The summed E-state index contributed by atoms with van der Waals surface area (Å²) in [5.74, 6) is -1.63. The normalized spacial score (nSPS) is 12.0. The largest absolute Gasteiger partial charge is 0.352 e. The van der Waals surface area contributed by atoms with E-state index < -0.39 is 40.2 Å². The molecule has 4 rings (SSSR count). The number of nitrogens with one attached hydrogen (secondary N) is 1. The number of nitrogens with zero attached hydrogens (tertiary/aromatic N) is 2. The summed E-state index contributed by atoms with van der Waals surface area (Å²) < 4.78 is 44.6. The molecule has 0 radical (unpaired) electrons. The highest BCUT2D eigenvalue weighted by Gasteiger charge is 2.35. The van der Waals surface area contributed by atoms with Crippen molar-refractivity contribution in [1.82, 2.24) is 10.2 Å². The van der Waals surface area contributed by atoms with Gasteiger partial charge in [-0.2, -0.15) is 0 Å². The maximum Gasteiger partial charge on any atom is 0.264 e. The highest BCUT2D eigenvalue weighted by molar-refractivity contribution is 9.10. The quantitative estimate of drug-likeness (QED) is 0.203. The van der Waals surface area contributed by atoms with Crippen LogP contribution >= 0.6 is 15.9 Å². The Bertz CT molecular complexity index is 1640. The lowest BCUT2D eigenvalue weighted by atomic mass is 10.0. The number of hydrogen-bond donors (Lipinski definition) is 1. The van der Waals surface area contributed by atoms with E-state index in [-0.39, 0.29) is 35.2 Å². The number of hydrogen-bond acceptors (Lipinski definition) is 4. The average molecular weight is 667 g/mol. The van der Waals surface area contributed by atoms with E-state index in [0.29, 0.717) is 0 Å².